The Hall–Kier alpha value is -2.84. The highest BCUT2D eigenvalue weighted by Gasteiger charge is 2.47. The van der Waals surface area contributed by atoms with E-state index in [1.165, 1.54) is 6.07 Å². The van der Waals surface area contributed by atoms with Crippen LogP contribution < -0.4 is 10.2 Å². The molecule has 1 aliphatic carbocycles. The number of likely N-dealkylation sites (tertiary alicyclic amines) is 1. The van der Waals surface area contributed by atoms with E-state index in [1.54, 1.807) is 0 Å². The van der Waals surface area contributed by atoms with Gasteiger partial charge in [-0.05, 0) is 44.9 Å². The minimum atomic E-state index is -4.56. The van der Waals surface area contributed by atoms with E-state index < -0.39 is 47.8 Å². The number of nitrogens with one attached hydrogen (secondary N) is 1. The molecule has 0 aromatic heterocycles. The van der Waals surface area contributed by atoms with Crippen LogP contribution in [0.1, 0.15) is 32.3 Å². The zero-order valence-corrected chi connectivity index (χ0v) is 16.8. The maximum atomic E-state index is 13.2. The highest BCUT2D eigenvalue weighted by molar-refractivity contribution is 6.09. The topological polar surface area (TPSA) is 69.7 Å². The number of fused-ring (bicyclic) bond motifs is 1. The van der Waals surface area contributed by atoms with Crippen molar-refractivity contribution in [2.24, 2.45) is 11.8 Å². The maximum absolute atomic E-state index is 13.2. The summed E-state index contributed by atoms with van der Waals surface area (Å²) >= 11 is 0. The Kier molecular flexibility index (Phi) is 6.19. The summed E-state index contributed by atoms with van der Waals surface area (Å²) in [6.45, 7) is 4.25. The molecule has 0 bridgehead atoms. The summed E-state index contributed by atoms with van der Waals surface area (Å²) in [5, 5.41) is 2.48. The van der Waals surface area contributed by atoms with Gasteiger partial charge in [0.2, 0.25) is 17.7 Å². The van der Waals surface area contributed by atoms with Crippen LogP contribution in [0.3, 0.4) is 0 Å². The first-order valence-corrected chi connectivity index (χ1v) is 9.93. The molecule has 1 N–H and O–H groups in total. The lowest BCUT2D eigenvalue weighted by Gasteiger charge is -2.25. The minimum Gasteiger partial charge on any atom is -0.370 e. The molecule has 1 aliphatic heterocycles. The molecular formula is C21H24F3N3O3. The number of alkyl halides is 3. The smallest absolute Gasteiger partial charge is 0.370 e. The third-order valence-corrected chi connectivity index (χ3v) is 5.60. The monoisotopic (exact) mass is 423 g/mol. The number of imide groups is 1. The fourth-order valence-corrected chi connectivity index (χ4v) is 4.01. The van der Waals surface area contributed by atoms with Gasteiger partial charge in [-0.25, -0.2) is 0 Å². The second kappa shape index (κ2) is 8.49. The van der Waals surface area contributed by atoms with Crippen LogP contribution in [0.25, 0.3) is 0 Å². The van der Waals surface area contributed by atoms with Gasteiger partial charge >= 0.3 is 6.18 Å². The van der Waals surface area contributed by atoms with Gasteiger partial charge in [-0.3, -0.25) is 19.3 Å². The molecule has 9 heteroatoms. The van der Waals surface area contributed by atoms with E-state index in [9.17, 15) is 27.6 Å². The first kappa shape index (κ1) is 21.9. The van der Waals surface area contributed by atoms with Gasteiger partial charge in [0.05, 0.1) is 28.8 Å². The molecule has 2 atom stereocenters. The Balaban J connectivity index is 1.81. The Morgan fingerprint density at radius 3 is 2.17 bits per heavy atom. The number of carbonyl (C=O) groups is 3. The molecule has 1 aromatic carbocycles. The second-order valence-corrected chi connectivity index (χ2v) is 7.37. The van der Waals surface area contributed by atoms with Crippen LogP contribution in [0.15, 0.2) is 30.4 Å². The molecule has 6 nitrogen and oxygen atoms in total. The van der Waals surface area contributed by atoms with E-state index in [2.05, 4.69) is 5.32 Å². The number of benzene rings is 1. The van der Waals surface area contributed by atoms with Gasteiger partial charge in [-0.2, -0.15) is 13.2 Å². The maximum Gasteiger partial charge on any atom is 0.416 e. The van der Waals surface area contributed by atoms with Crippen LogP contribution in [0.5, 0.6) is 0 Å². The van der Waals surface area contributed by atoms with Crippen molar-refractivity contribution < 1.29 is 27.6 Å². The number of carbonyl (C=O) groups excluding carboxylic acids is 3. The lowest BCUT2D eigenvalue weighted by atomic mass is 9.85. The van der Waals surface area contributed by atoms with Gasteiger partial charge in [0.25, 0.3) is 0 Å². The molecule has 30 heavy (non-hydrogen) atoms. The van der Waals surface area contributed by atoms with Gasteiger partial charge in [-0.1, -0.05) is 12.2 Å². The average molecular weight is 423 g/mol. The minimum absolute atomic E-state index is 0.00305. The molecule has 162 valence electrons. The van der Waals surface area contributed by atoms with Gasteiger partial charge in [0, 0.05) is 13.1 Å². The standard InChI is InChI=1S/C21H24F3N3O3/c1-3-26(4-2)17-10-9-13(21(22,23)24)11-16(17)25-18(28)12-27-19(29)14-7-5-6-8-15(14)20(27)30/h5-6,9-11,14-15H,3-4,7-8,12H2,1-2H3,(H,25,28). The van der Waals surface area contributed by atoms with Crippen LogP contribution in [0.2, 0.25) is 0 Å². The number of hydrogen-bond donors (Lipinski definition) is 1. The normalized spacial score (nSPS) is 21.0. The number of rotatable bonds is 6. The third-order valence-electron chi connectivity index (χ3n) is 5.60. The van der Waals surface area contributed by atoms with E-state index in [4.69, 9.17) is 0 Å². The number of anilines is 2. The quantitative estimate of drug-likeness (QED) is 0.562. The van der Waals surface area contributed by atoms with E-state index >= 15 is 0 Å². The summed E-state index contributed by atoms with van der Waals surface area (Å²) in [5.41, 5.74) is -0.450. The predicted octanol–water partition coefficient (Wildman–Crippen LogP) is 3.44. The first-order valence-electron chi connectivity index (χ1n) is 9.93. The van der Waals surface area contributed by atoms with E-state index in [0.717, 1.165) is 17.0 Å². The van der Waals surface area contributed by atoms with Crippen molar-refractivity contribution in [2.45, 2.75) is 32.9 Å². The summed E-state index contributed by atoms with van der Waals surface area (Å²) in [7, 11) is 0. The Morgan fingerprint density at radius 1 is 1.10 bits per heavy atom. The lowest BCUT2D eigenvalue weighted by molar-refractivity contribution is -0.142. The van der Waals surface area contributed by atoms with Crippen molar-refractivity contribution in [3.8, 4) is 0 Å². The van der Waals surface area contributed by atoms with Gasteiger partial charge in [0.1, 0.15) is 6.54 Å². The molecule has 2 aliphatic rings. The molecule has 2 unspecified atom stereocenters. The van der Waals surface area contributed by atoms with Crippen LogP contribution in [-0.2, 0) is 20.6 Å². The molecular weight excluding hydrogens is 399 g/mol. The van der Waals surface area contributed by atoms with Crippen molar-refractivity contribution in [2.75, 3.05) is 29.9 Å². The Labute approximate surface area is 172 Å². The first-order chi connectivity index (χ1) is 14.2. The molecule has 1 heterocycles. The molecule has 1 saturated heterocycles. The number of allylic oxidation sites excluding steroid dienone is 2. The molecule has 1 aromatic rings. The second-order valence-electron chi connectivity index (χ2n) is 7.37. The van der Waals surface area contributed by atoms with Gasteiger partial charge in [0.15, 0.2) is 0 Å². The Bertz CT molecular complexity index is 852. The van der Waals surface area contributed by atoms with Crippen LogP contribution in [0.4, 0.5) is 24.5 Å². The highest BCUT2D eigenvalue weighted by Crippen LogP contribution is 2.37. The van der Waals surface area contributed by atoms with Crippen LogP contribution >= 0.6 is 0 Å². The average Bonchev–Trinajstić information content (AvgIpc) is 2.94. The Morgan fingerprint density at radius 2 is 1.67 bits per heavy atom. The van der Waals surface area contributed by atoms with Crippen LogP contribution in [-0.4, -0.2) is 42.3 Å². The van der Waals surface area contributed by atoms with Crippen molar-refractivity contribution in [1.29, 1.82) is 0 Å². The van der Waals surface area contributed by atoms with Crippen LogP contribution in [0, 0.1) is 11.8 Å². The lowest BCUT2D eigenvalue weighted by Crippen LogP contribution is -2.38. The summed E-state index contributed by atoms with van der Waals surface area (Å²) in [5.74, 6) is -2.45. The summed E-state index contributed by atoms with van der Waals surface area (Å²) < 4.78 is 39.5. The number of halogens is 3. The molecule has 3 rings (SSSR count). The van der Waals surface area contributed by atoms with Crippen molar-refractivity contribution >= 4 is 29.1 Å². The molecule has 0 saturated carbocycles. The molecule has 0 radical (unpaired) electrons. The molecule has 0 spiro atoms. The summed E-state index contributed by atoms with van der Waals surface area (Å²) in [6.07, 6.45) is 0.0227. The molecule has 1 fully saturated rings. The van der Waals surface area contributed by atoms with E-state index in [1.807, 2.05) is 30.9 Å². The zero-order chi connectivity index (χ0) is 22.1. The SMILES string of the molecule is CCN(CC)c1ccc(C(F)(F)F)cc1NC(=O)CN1C(=O)C2CC=CCC2C1=O. The number of hydrogen-bond acceptors (Lipinski definition) is 4. The number of amides is 3. The fraction of sp³-hybridized carbons (Fsp3) is 0.476. The van der Waals surface area contributed by atoms with Gasteiger partial charge in [-0.15, -0.1) is 0 Å². The van der Waals surface area contributed by atoms with E-state index in [-0.39, 0.29) is 5.69 Å². The van der Waals surface area contributed by atoms with Crippen molar-refractivity contribution in [3.05, 3.63) is 35.9 Å². The van der Waals surface area contributed by atoms with Crippen molar-refractivity contribution in [1.82, 2.24) is 4.90 Å². The number of nitrogens with zero attached hydrogens (tertiary/aromatic N) is 2. The highest BCUT2D eigenvalue weighted by atomic mass is 19.4. The van der Waals surface area contributed by atoms with Crippen molar-refractivity contribution in [3.63, 3.8) is 0 Å². The van der Waals surface area contributed by atoms with Gasteiger partial charge < -0.3 is 10.2 Å². The van der Waals surface area contributed by atoms with E-state index in [0.29, 0.717) is 31.6 Å². The summed E-state index contributed by atoms with van der Waals surface area (Å²) in [4.78, 5) is 40.4. The fourth-order valence-electron chi connectivity index (χ4n) is 4.01. The largest absolute Gasteiger partial charge is 0.416 e. The molecule has 3 amide bonds. The zero-order valence-electron chi connectivity index (χ0n) is 16.8. The predicted molar refractivity (Wildman–Crippen MR) is 106 cm³/mol. The third kappa shape index (κ3) is 4.20. The summed E-state index contributed by atoms with van der Waals surface area (Å²) in [6, 6.07) is 3.16.